The van der Waals surface area contributed by atoms with E-state index in [9.17, 15) is 0 Å². The molecule has 0 nitrogen and oxygen atoms in total. The third kappa shape index (κ3) is 4.00. The van der Waals surface area contributed by atoms with Crippen LogP contribution in [0.25, 0.3) is 77.5 Å². The highest BCUT2D eigenvalue weighted by Crippen LogP contribution is 2.72. The largest absolute Gasteiger partial charge is 0.0729 e. The lowest BCUT2D eigenvalue weighted by Crippen LogP contribution is -2.33. The van der Waals surface area contributed by atoms with Gasteiger partial charge < -0.3 is 0 Å². The van der Waals surface area contributed by atoms with Gasteiger partial charge in [0, 0.05) is 0 Å². The minimum Gasteiger partial charge on any atom is -0.0619 e. The summed E-state index contributed by atoms with van der Waals surface area (Å²) in [5.74, 6) is 0. The van der Waals surface area contributed by atoms with Crippen molar-refractivity contribution >= 4 is 10.8 Å². The molecule has 62 heavy (non-hydrogen) atoms. The summed E-state index contributed by atoms with van der Waals surface area (Å²) in [7, 11) is 0. The van der Waals surface area contributed by atoms with Crippen LogP contribution in [0.3, 0.4) is 0 Å². The van der Waals surface area contributed by atoms with Crippen molar-refractivity contribution in [1.29, 1.82) is 0 Å². The zero-order chi connectivity index (χ0) is 40.9. The number of benzene rings is 10. The van der Waals surface area contributed by atoms with Gasteiger partial charge in [-0.05, 0) is 148 Å². The Balaban J connectivity index is 1.28. The lowest BCUT2D eigenvalue weighted by Gasteiger charge is -2.38. The number of hydrogen-bond acceptors (Lipinski definition) is 0. The molecule has 4 aliphatic rings. The molecule has 10 aromatic carbocycles. The van der Waals surface area contributed by atoms with E-state index in [1.807, 2.05) is 0 Å². The standard InChI is InChI=1S/C62H40/c1-37-27-31-39(32-28-37)47-35-49-50(36-48(47)40-33-29-38(2)30-34-40)58-46-20-8-14-26-56(46)62(53-23-11-5-17-43(53)44-18-6-12-24-54(44)62)60(58)59-57(49)45-19-7-13-25-55(45)61(59)51-21-9-3-15-41(51)42-16-4-10-22-52(42)61/h3-36H,1-2H3. The van der Waals surface area contributed by atoms with Crippen LogP contribution < -0.4 is 0 Å². The summed E-state index contributed by atoms with van der Waals surface area (Å²) >= 11 is 0. The van der Waals surface area contributed by atoms with Crippen molar-refractivity contribution in [1.82, 2.24) is 0 Å². The molecule has 0 heterocycles. The first kappa shape index (κ1) is 34.2. The fraction of sp³-hybridized carbons (Fsp3) is 0.0645. The Bertz CT molecular complexity index is 3250. The SMILES string of the molecule is Cc1ccc(-c2cc3c4c(c5c(c3cc2-c2ccc(C)cc2)-c2ccccc2C52c3ccccc3-c3ccccc32)C2(c3ccccc3-c3ccccc32)c2ccccc2-4)cc1. The normalized spacial score (nSPS) is 14.5. The Morgan fingerprint density at radius 3 is 0.823 bits per heavy atom. The van der Waals surface area contributed by atoms with Crippen molar-refractivity contribution in [2.24, 2.45) is 0 Å². The molecule has 0 saturated carbocycles. The molecule has 0 saturated heterocycles. The average molecular weight is 785 g/mol. The van der Waals surface area contributed by atoms with Gasteiger partial charge in [0.1, 0.15) is 0 Å². The summed E-state index contributed by atoms with van der Waals surface area (Å²) in [6, 6.07) is 79.4. The quantitative estimate of drug-likeness (QED) is 0.164. The topological polar surface area (TPSA) is 0 Å². The fourth-order valence-corrected chi connectivity index (χ4v) is 12.7. The highest BCUT2D eigenvalue weighted by molar-refractivity contribution is 6.18. The predicted octanol–water partition coefficient (Wildman–Crippen LogP) is 15.5. The summed E-state index contributed by atoms with van der Waals surface area (Å²) in [5, 5.41) is 2.62. The Morgan fingerprint density at radius 2 is 0.516 bits per heavy atom. The van der Waals surface area contributed by atoms with Gasteiger partial charge in [-0.25, -0.2) is 0 Å². The van der Waals surface area contributed by atoms with Crippen LogP contribution in [0.2, 0.25) is 0 Å². The number of fused-ring (bicyclic) bond motifs is 24. The second kappa shape index (κ2) is 12.1. The second-order valence-corrected chi connectivity index (χ2v) is 17.9. The van der Waals surface area contributed by atoms with Crippen LogP contribution in [0.1, 0.15) is 55.6 Å². The Hall–Kier alpha value is -7.54. The van der Waals surface area contributed by atoms with E-state index in [-0.39, 0.29) is 0 Å². The van der Waals surface area contributed by atoms with Crippen LogP contribution >= 0.6 is 0 Å². The molecule has 0 aliphatic heterocycles. The zero-order valence-corrected chi connectivity index (χ0v) is 34.6. The average Bonchev–Trinajstić information content (AvgIpc) is 4.01. The highest BCUT2D eigenvalue weighted by atomic mass is 14.6. The highest BCUT2D eigenvalue weighted by Gasteiger charge is 2.60. The van der Waals surface area contributed by atoms with Gasteiger partial charge in [0.25, 0.3) is 0 Å². The smallest absolute Gasteiger partial charge is 0.0619 e. The van der Waals surface area contributed by atoms with Crippen LogP contribution in [-0.4, -0.2) is 0 Å². The van der Waals surface area contributed by atoms with E-state index in [2.05, 4.69) is 220 Å². The van der Waals surface area contributed by atoms with E-state index in [1.165, 1.54) is 133 Å². The molecule has 288 valence electrons. The molecular formula is C62H40. The summed E-state index contributed by atoms with van der Waals surface area (Å²) in [4.78, 5) is 0. The van der Waals surface area contributed by atoms with Crippen molar-refractivity contribution in [3.8, 4) is 66.8 Å². The first-order chi connectivity index (χ1) is 30.6. The number of aryl methyl sites for hydroxylation is 2. The summed E-state index contributed by atoms with van der Waals surface area (Å²) in [6.45, 7) is 4.36. The molecule has 14 rings (SSSR count). The van der Waals surface area contributed by atoms with Crippen molar-refractivity contribution in [3.63, 3.8) is 0 Å². The van der Waals surface area contributed by atoms with Crippen molar-refractivity contribution < 1.29 is 0 Å². The molecule has 0 fully saturated rings. The van der Waals surface area contributed by atoms with Gasteiger partial charge >= 0.3 is 0 Å². The Kier molecular flexibility index (Phi) is 6.65. The maximum absolute atomic E-state index is 2.57. The van der Waals surface area contributed by atoms with Gasteiger partial charge in [-0.3, -0.25) is 0 Å². The second-order valence-electron chi connectivity index (χ2n) is 17.9. The molecule has 0 amide bonds. The molecule has 2 spiro atoms. The molecule has 4 aliphatic carbocycles. The minimum atomic E-state index is -0.557. The maximum Gasteiger partial charge on any atom is 0.0729 e. The van der Waals surface area contributed by atoms with Gasteiger partial charge in [-0.1, -0.05) is 205 Å². The van der Waals surface area contributed by atoms with E-state index in [1.54, 1.807) is 0 Å². The first-order valence-corrected chi connectivity index (χ1v) is 22.0. The first-order valence-electron chi connectivity index (χ1n) is 22.0. The summed E-state index contributed by atoms with van der Waals surface area (Å²) in [6.07, 6.45) is 0. The van der Waals surface area contributed by atoms with Crippen LogP contribution in [0.4, 0.5) is 0 Å². The molecule has 0 radical (unpaired) electrons. The molecule has 0 aromatic heterocycles. The van der Waals surface area contributed by atoms with Crippen LogP contribution in [0, 0.1) is 13.8 Å². The van der Waals surface area contributed by atoms with E-state index in [4.69, 9.17) is 0 Å². The minimum absolute atomic E-state index is 0.557. The zero-order valence-electron chi connectivity index (χ0n) is 34.6. The third-order valence-electron chi connectivity index (χ3n) is 15.0. The number of hydrogen-bond donors (Lipinski definition) is 0. The molecular weight excluding hydrogens is 745 g/mol. The molecule has 0 N–H and O–H groups in total. The molecule has 0 atom stereocenters. The van der Waals surface area contributed by atoms with E-state index in [0.29, 0.717) is 0 Å². The van der Waals surface area contributed by atoms with E-state index in [0.717, 1.165) is 0 Å². The van der Waals surface area contributed by atoms with E-state index < -0.39 is 10.8 Å². The summed E-state index contributed by atoms with van der Waals surface area (Å²) < 4.78 is 0. The monoisotopic (exact) mass is 784 g/mol. The third-order valence-corrected chi connectivity index (χ3v) is 15.0. The van der Waals surface area contributed by atoms with Crippen molar-refractivity contribution in [2.75, 3.05) is 0 Å². The van der Waals surface area contributed by atoms with Crippen LogP contribution in [0.15, 0.2) is 206 Å². The summed E-state index contributed by atoms with van der Waals surface area (Å²) in [5.41, 5.74) is 28.1. The maximum atomic E-state index is 2.57. The molecule has 10 aromatic rings. The molecule has 0 heteroatoms. The van der Waals surface area contributed by atoms with Gasteiger partial charge in [0.05, 0.1) is 10.8 Å². The number of rotatable bonds is 2. The molecule has 0 unspecified atom stereocenters. The van der Waals surface area contributed by atoms with Gasteiger partial charge in [-0.2, -0.15) is 0 Å². The van der Waals surface area contributed by atoms with Gasteiger partial charge in [0.15, 0.2) is 0 Å². The van der Waals surface area contributed by atoms with Crippen LogP contribution in [-0.2, 0) is 10.8 Å². The van der Waals surface area contributed by atoms with Crippen LogP contribution in [0.5, 0.6) is 0 Å². The lowest BCUT2D eigenvalue weighted by molar-refractivity contribution is 0.727. The van der Waals surface area contributed by atoms with Gasteiger partial charge in [0.2, 0.25) is 0 Å². The fourth-order valence-electron chi connectivity index (χ4n) is 12.7. The predicted molar refractivity (Wildman–Crippen MR) is 257 cm³/mol. The molecule has 0 bridgehead atoms. The Labute approximate surface area is 362 Å². The Morgan fingerprint density at radius 1 is 0.258 bits per heavy atom. The van der Waals surface area contributed by atoms with Crippen molar-refractivity contribution in [3.05, 3.63) is 262 Å². The lowest BCUT2D eigenvalue weighted by atomic mass is 9.62. The van der Waals surface area contributed by atoms with Crippen molar-refractivity contribution in [2.45, 2.75) is 24.7 Å². The van der Waals surface area contributed by atoms with Gasteiger partial charge in [-0.15, -0.1) is 0 Å². The van der Waals surface area contributed by atoms with E-state index >= 15 is 0 Å².